The molecule has 0 atom stereocenters. The second kappa shape index (κ2) is 8.46. The third-order valence-corrected chi connectivity index (χ3v) is 5.87. The number of aryl methyl sites for hydroxylation is 1. The van der Waals surface area contributed by atoms with Gasteiger partial charge in [0.1, 0.15) is 0 Å². The average molecular weight is 469 g/mol. The fourth-order valence-electron chi connectivity index (χ4n) is 3.93. The van der Waals surface area contributed by atoms with Crippen molar-refractivity contribution in [2.75, 3.05) is 0 Å². The minimum atomic E-state index is -0.447. The predicted octanol–water partition coefficient (Wildman–Crippen LogP) is 3.50. The van der Waals surface area contributed by atoms with Crippen molar-refractivity contribution in [1.29, 1.82) is 5.26 Å². The van der Waals surface area contributed by atoms with Crippen molar-refractivity contribution in [2.45, 2.75) is 6.54 Å². The molecule has 166 valence electrons. The van der Waals surface area contributed by atoms with E-state index in [-0.39, 0.29) is 12.1 Å². The van der Waals surface area contributed by atoms with Crippen LogP contribution in [0.3, 0.4) is 0 Å². The first-order valence-electron chi connectivity index (χ1n) is 10.4. The Bertz CT molecular complexity index is 1680. The molecule has 0 aliphatic heterocycles. The first kappa shape index (κ1) is 21.4. The molecule has 0 aliphatic carbocycles. The molecule has 5 rings (SSSR count). The van der Waals surface area contributed by atoms with Crippen LogP contribution in [0.1, 0.15) is 11.1 Å². The number of halogens is 1. The Hall–Kier alpha value is -4.48. The quantitative estimate of drug-likeness (QED) is 0.402. The number of hydrogen-bond donors (Lipinski definition) is 0. The minimum Gasteiger partial charge on any atom is -0.267 e. The van der Waals surface area contributed by atoms with Crippen LogP contribution in [0, 0.1) is 11.3 Å². The second-order valence-electron chi connectivity index (χ2n) is 7.71. The molecule has 8 nitrogen and oxygen atoms in total. The van der Waals surface area contributed by atoms with Crippen molar-refractivity contribution in [1.82, 2.24) is 24.0 Å². The fourth-order valence-corrected chi connectivity index (χ4v) is 4.06. The first-order chi connectivity index (χ1) is 16.5. The summed E-state index contributed by atoms with van der Waals surface area (Å²) in [7, 11) is 1.54. The molecule has 0 spiro atoms. The van der Waals surface area contributed by atoms with Crippen LogP contribution in [0.5, 0.6) is 0 Å². The molecule has 0 saturated heterocycles. The Balaban J connectivity index is 1.80. The number of pyridine rings is 1. The van der Waals surface area contributed by atoms with Gasteiger partial charge in [0.25, 0.3) is 5.56 Å². The van der Waals surface area contributed by atoms with Crippen molar-refractivity contribution in [3.05, 3.63) is 110 Å². The summed E-state index contributed by atoms with van der Waals surface area (Å²) in [6.07, 6.45) is 3.25. The molecular formula is C25H17ClN6O2. The highest BCUT2D eigenvalue weighted by Crippen LogP contribution is 2.32. The molecule has 3 aromatic heterocycles. The van der Waals surface area contributed by atoms with E-state index in [1.807, 2.05) is 0 Å². The van der Waals surface area contributed by atoms with Gasteiger partial charge in [0.2, 0.25) is 0 Å². The van der Waals surface area contributed by atoms with Crippen LogP contribution in [0.2, 0.25) is 5.02 Å². The Morgan fingerprint density at radius 2 is 1.56 bits per heavy atom. The molecule has 0 radical (unpaired) electrons. The molecule has 0 aliphatic rings. The van der Waals surface area contributed by atoms with Crippen molar-refractivity contribution in [3.63, 3.8) is 0 Å². The van der Waals surface area contributed by atoms with Crippen LogP contribution >= 0.6 is 11.6 Å². The molecule has 5 aromatic rings. The molecule has 0 amide bonds. The molecule has 9 heteroatoms. The molecular weight excluding hydrogens is 452 g/mol. The topological polar surface area (TPSA) is 98.0 Å². The van der Waals surface area contributed by atoms with Gasteiger partial charge in [-0.05, 0) is 53.1 Å². The fraction of sp³-hybridized carbons (Fsp3) is 0.0800. The average Bonchev–Trinajstić information content (AvgIpc) is 3.18. The Morgan fingerprint density at radius 1 is 0.912 bits per heavy atom. The van der Waals surface area contributed by atoms with E-state index in [4.69, 9.17) is 16.9 Å². The Kier molecular flexibility index (Phi) is 5.32. The summed E-state index contributed by atoms with van der Waals surface area (Å²) in [5.74, 6) is 0. The van der Waals surface area contributed by atoms with Crippen LogP contribution in [-0.2, 0) is 13.6 Å². The number of aromatic nitrogens is 5. The van der Waals surface area contributed by atoms with Crippen LogP contribution in [0.4, 0.5) is 0 Å². The first-order valence-corrected chi connectivity index (χ1v) is 10.7. The predicted molar refractivity (Wildman–Crippen MR) is 129 cm³/mol. The van der Waals surface area contributed by atoms with Gasteiger partial charge in [0.05, 0.1) is 23.7 Å². The van der Waals surface area contributed by atoms with Gasteiger partial charge in [0, 0.05) is 30.0 Å². The van der Waals surface area contributed by atoms with E-state index in [0.717, 1.165) is 5.56 Å². The zero-order chi connectivity index (χ0) is 23.8. The van der Waals surface area contributed by atoms with E-state index in [0.29, 0.717) is 38.5 Å². The molecule has 0 unspecified atom stereocenters. The van der Waals surface area contributed by atoms with E-state index < -0.39 is 5.69 Å². The highest BCUT2D eigenvalue weighted by Gasteiger charge is 2.23. The van der Waals surface area contributed by atoms with Gasteiger partial charge in [-0.25, -0.2) is 14.2 Å². The van der Waals surface area contributed by atoms with E-state index in [1.54, 1.807) is 80.1 Å². The Labute approximate surface area is 198 Å². The number of fused-ring (bicyclic) bond motifs is 1. The van der Waals surface area contributed by atoms with E-state index >= 15 is 0 Å². The van der Waals surface area contributed by atoms with E-state index in [9.17, 15) is 9.59 Å². The maximum Gasteiger partial charge on any atom is 0.365 e. The summed E-state index contributed by atoms with van der Waals surface area (Å²) in [6.45, 7) is 0.187. The summed E-state index contributed by atoms with van der Waals surface area (Å²) >= 11 is 6.07. The van der Waals surface area contributed by atoms with Crippen molar-refractivity contribution >= 4 is 17.2 Å². The maximum absolute atomic E-state index is 13.5. The lowest BCUT2D eigenvalue weighted by molar-refractivity contribution is 0.600. The van der Waals surface area contributed by atoms with Gasteiger partial charge in [-0.2, -0.15) is 9.78 Å². The normalized spacial score (nSPS) is 11.0. The van der Waals surface area contributed by atoms with E-state index in [2.05, 4.69) is 16.2 Å². The Morgan fingerprint density at radius 3 is 2.21 bits per heavy atom. The zero-order valence-corrected chi connectivity index (χ0v) is 18.8. The van der Waals surface area contributed by atoms with Gasteiger partial charge >= 0.3 is 5.69 Å². The molecule has 0 N–H and O–H groups in total. The standard InChI is InChI=1S/C25H17ClN6O2/c1-30-24(33)22(18-6-8-20(26)9-7-18)21(19-10-12-28-13-11-19)23-29-31(25(34)32(23)30)15-17-4-2-16(14-27)3-5-17/h2-13H,15H2,1H3. The third kappa shape index (κ3) is 3.58. The van der Waals surface area contributed by atoms with Gasteiger partial charge in [-0.15, -0.1) is 5.10 Å². The van der Waals surface area contributed by atoms with Crippen LogP contribution in [-0.4, -0.2) is 24.0 Å². The summed E-state index contributed by atoms with van der Waals surface area (Å²) in [5, 5.41) is 14.2. The van der Waals surface area contributed by atoms with Gasteiger partial charge in [-0.3, -0.25) is 9.78 Å². The minimum absolute atomic E-state index is 0.187. The summed E-state index contributed by atoms with van der Waals surface area (Å²) in [6, 6.07) is 19.5. The number of nitriles is 1. The summed E-state index contributed by atoms with van der Waals surface area (Å²) in [5.41, 5.74) is 3.19. The van der Waals surface area contributed by atoms with Gasteiger partial charge in [0.15, 0.2) is 5.65 Å². The SMILES string of the molecule is Cn1c(=O)c(-c2ccc(Cl)cc2)c(-c2ccncc2)c2nn(Cc3ccc(C#N)cc3)c(=O)n21. The lowest BCUT2D eigenvalue weighted by Crippen LogP contribution is -2.33. The summed E-state index contributed by atoms with van der Waals surface area (Å²) in [4.78, 5) is 30.9. The molecule has 34 heavy (non-hydrogen) atoms. The largest absolute Gasteiger partial charge is 0.365 e. The highest BCUT2D eigenvalue weighted by molar-refractivity contribution is 6.30. The van der Waals surface area contributed by atoms with Gasteiger partial charge in [-0.1, -0.05) is 35.9 Å². The lowest BCUT2D eigenvalue weighted by atomic mass is 9.97. The van der Waals surface area contributed by atoms with Crippen molar-refractivity contribution < 1.29 is 0 Å². The number of benzene rings is 2. The zero-order valence-electron chi connectivity index (χ0n) is 18.0. The van der Waals surface area contributed by atoms with Crippen LogP contribution in [0.15, 0.2) is 82.6 Å². The van der Waals surface area contributed by atoms with Crippen LogP contribution < -0.4 is 11.2 Å². The monoisotopic (exact) mass is 468 g/mol. The van der Waals surface area contributed by atoms with Crippen LogP contribution in [0.25, 0.3) is 27.9 Å². The number of hydrogen-bond acceptors (Lipinski definition) is 5. The molecule has 0 bridgehead atoms. The smallest absolute Gasteiger partial charge is 0.267 e. The molecule has 0 saturated carbocycles. The number of nitrogens with zero attached hydrogens (tertiary/aromatic N) is 6. The maximum atomic E-state index is 13.5. The molecule has 0 fully saturated rings. The molecule has 2 aromatic carbocycles. The van der Waals surface area contributed by atoms with Gasteiger partial charge < -0.3 is 0 Å². The lowest BCUT2D eigenvalue weighted by Gasteiger charge is -2.13. The van der Waals surface area contributed by atoms with Crippen molar-refractivity contribution in [3.8, 4) is 28.3 Å². The number of rotatable bonds is 4. The third-order valence-electron chi connectivity index (χ3n) is 5.62. The van der Waals surface area contributed by atoms with E-state index in [1.165, 1.54) is 13.9 Å². The van der Waals surface area contributed by atoms with Crippen molar-refractivity contribution in [2.24, 2.45) is 7.05 Å². The second-order valence-corrected chi connectivity index (χ2v) is 8.14. The molecule has 3 heterocycles. The highest BCUT2D eigenvalue weighted by atomic mass is 35.5. The summed E-state index contributed by atoms with van der Waals surface area (Å²) < 4.78 is 3.86.